The van der Waals surface area contributed by atoms with Gasteiger partial charge in [0.05, 0.1) is 0 Å². The van der Waals surface area contributed by atoms with Crippen LogP contribution in [0.25, 0.3) is 0 Å². The predicted molar refractivity (Wildman–Crippen MR) is 42.6 cm³/mol. The van der Waals surface area contributed by atoms with E-state index in [1.165, 1.54) is 0 Å². The number of primary amides is 1. The maximum absolute atomic E-state index is 10.5. The Kier molecular flexibility index (Phi) is 2.56. The monoisotopic (exact) mass is 160 g/mol. The Morgan fingerprint density at radius 2 is 2.30 bits per heavy atom. The summed E-state index contributed by atoms with van der Waals surface area (Å²) in [6.45, 7) is 0. The Balaban J connectivity index is 2.33. The smallest absolute Gasteiger partial charge is 0.217 e. The molecule has 0 bridgehead atoms. The lowest BCUT2D eigenvalue weighted by Gasteiger charge is -2.10. The van der Waals surface area contributed by atoms with Crippen LogP contribution in [0.3, 0.4) is 0 Å². The SMILES string of the molecule is NC(=O)CC1CSCC1N. The molecule has 1 amide bonds. The van der Waals surface area contributed by atoms with Crippen molar-refractivity contribution in [3.05, 3.63) is 0 Å². The molecule has 1 saturated heterocycles. The predicted octanol–water partition coefficient (Wildman–Crippen LogP) is -0.448. The van der Waals surface area contributed by atoms with Crippen molar-refractivity contribution in [3.8, 4) is 0 Å². The minimum absolute atomic E-state index is 0.178. The van der Waals surface area contributed by atoms with E-state index >= 15 is 0 Å². The van der Waals surface area contributed by atoms with E-state index in [0.29, 0.717) is 12.3 Å². The fourth-order valence-corrected chi connectivity index (χ4v) is 2.43. The first kappa shape index (κ1) is 7.88. The molecule has 1 aliphatic rings. The topological polar surface area (TPSA) is 69.1 Å². The van der Waals surface area contributed by atoms with Gasteiger partial charge in [0, 0.05) is 18.2 Å². The molecular weight excluding hydrogens is 148 g/mol. The number of carbonyl (C=O) groups is 1. The van der Waals surface area contributed by atoms with E-state index < -0.39 is 0 Å². The lowest BCUT2D eigenvalue weighted by Crippen LogP contribution is -2.31. The maximum atomic E-state index is 10.5. The first-order chi connectivity index (χ1) is 4.70. The minimum atomic E-state index is -0.233. The molecule has 1 heterocycles. The van der Waals surface area contributed by atoms with Crippen molar-refractivity contribution in [1.82, 2.24) is 0 Å². The molecule has 58 valence electrons. The van der Waals surface area contributed by atoms with Crippen molar-refractivity contribution in [2.45, 2.75) is 12.5 Å². The van der Waals surface area contributed by atoms with Crippen molar-refractivity contribution >= 4 is 17.7 Å². The average molecular weight is 160 g/mol. The van der Waals surface area contributed by atoms with Crippen LogP contribution in [0.4, 0.5) is 0 Å². The molecule has 0 saturated carbocycles. The lowest BCUT2D eigenvalue weighted by atomic mass is 10.0. The number of hydrogen-bond donors (Lipinski definition) is 2. The Hall–Kier alpha value is -0.220. The quantitative estimate of drug-likeness (QED) is 0.575. The highest BCUT2D eigenvalue weighted by Gasteiger charge is 2.25. The largest absolute Gasteiger partial charge is 0.370 e. The summed E-state index contributed by atoms with van der Waals surface area (Å²) in [5, 5.41) is 0. The van der Waals surface area contributed by atoms with Gasteiger partial charge in [-0.1, -0.05) is 0 Å². The molecular formula is C6H12N2OS. The first-order valence-corrected chi connectivity index (χ1v) is 4.47. The summed E-state index contributed by atoms with van der Waals surface area (Å²) in [4.78, 5) is 10.5. The van der Waals surface area contributed by atoms with Gasteiger partial charge in [0.1, 0.15) is 0 Å². The Labute approximate surface area is 64.5 Å². The lowest BCUT2D eigenvalue weighted by molar-refractivity contribution is -0.118. The van der Waals surface area contributed by atoms with Crippen LogP contribution in [0.15, 0.2) is 0 Å². The van der Waals surface area contributed by atoms with E-state index in [0.717, 1.165) is 11.5 Å². The molecule has 1 fully saturated rings. The normalized spacial score (nSPS) is 32.5. The van der Waals surface area contributed by atoms with E-state index in [1.807, 2.05) is 0 Å². The second kappa shape index (κ2) is 3.25. The summed E-state index contributed by atoms with van der Waals surface area (Å²) in [6.07, 6.45) is 0.453. The van der Waals surface area contributed by atoms with Crippen molar-refractivity contribution in [3.63, 3.8) is 0 Å². The number of carbonyl (C=O) groups excluding carboxylic acids is 1. The number of nitrogens with two attached hydrogens (primary N) is 2. The van der Waals surface area contributed by atoms with Crippen LogP contribution in [0, 0.1) is 5.92 Å². The van der Waals surface area contributed by atoms with Crippen molar-refractivity contribution in [2.24, 2.45) is 17.4 Å². The fraction of sp³-hybridized carbons (Fsp3) is 0.833. The molecule has 10 heavy (non-hydrogen) atoms. The number of amides is 1. The number of thioether (sulfide) groups is 1. The van der Waals surface area contributed by atoms with E-state index in [1.54, 1.807) is 11.8 Å². The van der Waals surface area contributed by atoms with Crippen molar-refractivity contribution in [1.29, 1.82) is 0 Å². The van der Waals surface area contributed by atoms with Crippen LogP contribution in [0.1, 0.15) is 6.42 Å². The first-order valence-electron chi connectivity index (χ1n) is 3.32. The molecule has 1 rings (SSSR count). The number of rotatable bonds is 2. The second-order valence-corrected chi connectivity index (χ2v) is 3.71. The Morgan fingerprint density at radius 1 is 1.60 bits per heavy atom. The molecule has 1 aliphatic heterocycles. The highest BCUT2D eigenvalue weighted by Crippen LogP contribution is 2.24. The maximum Gasteiger partial charge on any atom is 0.217 e. The molecule has 4 heteroatoms. The van der Waals surface area contributed by atoms with Gasteiger partial charge in [-0.05, 0) is 11.7 Å². The molecule has 0 spiro atoms. The van der Waals surface area contributed by atoms with Crippen LogP contribution in [-0.4, -0.2) is 23.5 Å². The molecule has 4 N–H and O–H groups in total. The Morgan fingerprint density at radius 3 is 2.70 bits per heavy atom. The summed E-state index contributed by atoms with van der Waals surface area (Å²) in [5.74, 6) is 2.05. The summed E-state index contributed by atoms with van der Waals surface area (Å²) < 4.78 is 0. The van der Waals surface area contributed by atoms with Crippen LogP contribution in [-0.2, 0) is 4.79 Å². The average Bonchev–Trinajstić information content (AvgIpc) is 2.15. The van der Waals surface area contributed by atoms with Gasteiger partial charge in [-0.3, -0.25) is 4.79 Å². The zero-order valence-corrected chi connectivity index (χ0v) is 6.56. The third-order valence-corrected chi connectivity index (χ3v) is 3.00. The number of hydrogen-bond acceptors (Lipinski definition) is 3. The molecule has 2 atom stereocenters. The van der Waals surface area contributed by atoms with Crippen molar-refractivity contribution < 1.29 is 4.79 Å². The summed E-state index contributed by atoms with van der Waals surface area (Å²) >= 11 is 1.80. The summed E-state index contributed by atoms with van der Waals surface area (Å²) in [7, 11) is 0. The van der Waals surface area contributed by atoms with Crippen LogP contribution >= 0.6 is 11.8 Å². The zero-order chi connectivity index (χ0) is 7.56. The van der Waals surface area contributed by atoms with Gasteiger partial charge in [0.15, 0.2) is 0 Å². The molecule has 2 unspecified atom stereocenters. The van der Waals surface area contributed by atoms with Gasteiger partial charge >= 0.3 is 0 Å². The highest BCUT2D eigenvalue weighted by atomic mass is 32.2. The standard InChI is InChI=1S/C6H12N2OS/c7-5-3-10-2-4(5)1-6(8)9/h4-5H,1-3,7H2,(H2,8,9). The molecule has 0 aromatic heterocycles. The summed E-state index contributed by atoms with van der Waals surface area (Å²) in [6, 6.07) is 0.178. The van der Waals surface area contributed by atoms with Gasteiger partial charge in [0.2, 0.25) is 5.91 Å². The van der Waals surface area contributed by atoms with Gasteiger partial charge in [0.25, 0.3) is 0 Å². The van der Waals surface area contributed by atoms with E-state index in [4.69, 9.17) is 11.5 Å². The van der Waals surface area contributed by atoms with Gasteiger partial charge < -0.3 is 11.5 Å². The van der Waals surface area contributed by atoms with Gasteiger partial charge in [-0.2, -0.15) is 11.8 Å². The Bertz CT molecular complexity index is 140. The van der Waals surface area contributed by atoms with Gasteiger partial charge in [-0.25, -0.2) is 0 Å². The van der Waals surface area contributed by atoms with Gasteiger partial charge in [-0.15, -0.1) is 0 Å². The zero-order valence-electron chi connectivity index (χ0n) is 5.75. The van der Waals surface area contributed by atoms with Crippen LogP contribution in [0.2, 0.25) is 0 Å². The molecule has 0 aliphatic carbocycles. The minimum Gasteiger partial charge on any atom is -0.370 e. The third kappa shape index (κ3) is 1.88. The van der Waals surface area contributed by atoms with Crippen LogP contribution < -0.4 is 11.5 Å². The third-order valence-electron chi connectivity index (χ3n) is 1.71. The molecule has 0 radical (unpaired) electrons. The highest BCUT2D eigenvalue weighted by molar-refractivity contribution is 7.99. The second-order valence-electron chi connectivity index (χ2n) is 2.63. The van der Waals surface area contributed by atoms with E-state index in [2.05, 4.69) is 0 Å². The summed E-state index contributed by atoms with van der Waals surface area (Å²) in [5.41, 5.74) is 10.7. The van der Waals surface area contributed by atoms with E-state index in [9.17, 15) is 4.79 Å². The molecule has 0 aromatic rings. The molecule has 3 nitrogen and oxygen atoms in total. The van der Waals surface area contributed by atoms with Crippen molar-refractivity contribution in [2.75, 3.05) is 11.5 Å². The van der Waals surface area contributed by atoms with Crippen LogP contribution in [0.5, 0.6) is 0 Å². The van der Waals surface area contributed by atoms with E-state index in [-0.39, 0.29) is 11.9 Å². The fourth-order valence-electron chi connectivity index (χ4n) is 1.08. The molecule has 0 aromatic carbocycles.